The summed E-state index contributed by atoms with van der Waals surface area (Å²) in [5.74, 6) is 0.00406. The van der Waals surface area contributed by atoms with E-state index < -0.39 is 9.84 Å². The van der Waals surface area contributed by atoms with Crippen molar-refractivity contribution in [1.29, 1.82) is 0 Å². The highest BCUT2D eigenvalue weighted by Crippen LogP contribution is 2.37. The third-order valence-corrected chi connectivity index (χ3v) is 8.34. The molecule has 0 unspecified atom stereocenters. The van der Waals surface area contributed by atoms with E-state index in [-0.39, 0.29) is 35.2 Å². The summed E-state index contributed by atoms with van der Waals surface area (Å²) >= 11 is 13.6. The fourth-order valence-electron chi connectivity index (χ4n) is 3.88. The van der Waals surface area contributed by atoms with E-state index in [9.17, 15) is 13.2 Å². The second-order valence-electron chi connectivity index (χ2n) is 7.47. The maximum atomic E-state index is 12.6. The van der Waals surface area contributed by atoms with Crippen LogP contribution in [-0.2, 0) is 21.1 Å². The maximum Gasteiger partial charge on any atom is 0.234 e. The van der Waals surface area contributed by atoms with Crippen molar-refractivity contribution in [2.45, 2.75) is 25.4 Å². The number of halogens is 2. The van der Waals surface area contributed by atoms with Gasteiger partial charge in [0.2, 0.25) is 5.91 Å². The van der Waals surface area contributed by atoms with E-state index in [0.717, 1.165) is 17.7 Å². The Bertz CT molecular complexity index is 1130. The van der Waals surface area contributed by atoms with Gasteiger partial charge in [-0.05, 0) is 36.2 Å². The number of hydrogen-bond acceptors (Lipinski definition) is 6. The SMILES string of the molecule is CCc1ccccc1NC(=O)CSC1=N[C@H]2CS(=O)(=O)C[C@@H]2N1c1cc(Cl)cc(Cl)c1. The van der Waals surface area contributed by atoms with Crippen molar-refractivity contribution in [1.82, 2.24) is 0 Å². The minimum Gasteiger partial charge on any atom is -0.325 e. The van der Waals surface area contributed by atoms with Gasteiger partial charge in [-0.3, -0.25) is 9.79 Å². The molecule has 4 rings (SSSR count). The van der Waals surface area contributed by atoms with Gasteiger partial charge in [0.15, 0.2) is 15.0 Å². The van der Waals surface area contributed by atoms with Gasteiger partial charge in [-0.25, -0.2) is 8.42 Å². The van der Waals surface area contributed by atoms with Crippen molar-refractivity contribution in [2.24, 2.45) is 4.99 Å². The summed E-state index contributed by atoms with van der Waals surface area (Å²) in [6, 6.07) is 12.1. The lowest BCUT2D eigenvalue weighted by Gasteiger charge is -2.26. The van der Waals surface area contributed by atoms with E-state index in [4.69, 9.17) is 23.2 Å². The molecule has 2 aromatic carbocycles. The van der Waals surface area contributed by atoms with Gasteiger partial charge < -0.3 is 10.2 Å². The van der Waals surface area contributed by atoms with Gasteiger partial charge in [0, 0.05) is 21.4 Å². The third kappa shape index (κ3) is 5.03. The molecule has 1 N–H and O–H groups in total. The molecule has 31 heavy (non-hydrogen) atoms. The van der Waals surface area contributed by atoms with Crippen LogP contribution in [0.4, 0.5) is 11.4 Å². The van der Waals surface area contributed by atoms with Gasteiger partial charge in [0.05, 0.1) is 29.3 Å². The number of rotatable bonds is 5. The number of benzene rings is 2. The van der Waals surface area contributed by atoms with Gasteiger partial charge in [-0.15, -0.1) is 0 Å². The third-order valence-electron chi connectivity index (χ3n) is 5.24. The second-order valence-corrected chi connectivity index (χ2v) is 11.4. The first-order chi connectivity index (χ1) is 14.8. The number of aliphatic imine (C=N–C) groups is 1. The van der Waals surface area contributed by atoms with E-state index >= 15 is 0 Å². The zero-order valence-electron chi connectivity index (χ0n) is 16.7. The summed E-state index contributed by atoms with van der Waals surface area (Å²) in [5, 5.41) is 4.45. The predicted molar refractivity (Wildman–Crippen MR) is 130 cm³/mol. The van der Waals surface area contributed by atoms with Crippen molar-refractivity contribution in [2.75, 3.05) is 27.5 Å². The molecular formula is C21H21Cl2N3O3S2. The van der Waals surface area contributed by atoms with E-state index in [2.05, 4.69) is 10.3 Å². The van der Waals surface area contributed by atoms with Crippen LogP contribution >= 0.6 is 35.0 Å². The lowest BCUT2D eigenvalue weighted by molar-refractivity contribution is -0.113. The molecule has 2 aromatic rings. The number of carbonyl (C=O) groups is 1. The number of para-hydroxylation sites is 1. The van der Waals surface area contributed by atoms with E-state index in [0.29, 0.717) is 20.9 Å². The molecule has 6 nitrogen and oxygen atoms in total. The molecule has 0 bridgehead atoms. The molecule has 2 heterocycles. The number of anilines is 2. The zero-order chi connectivity index (χ0) is 22.2. The summed E-state index contributed by atoms with van der Waals surface area (Å²) in [4.78, 5) is 19.1. The number of nitrogens with zero attached hydrogens (tertiary/aromatic N) is 2. The molecular weight excluding hydrogens is 477 g/mol. The topological polar surface area (TPSA) is 78.8 Å². The van der Waals surface area contributed by atoms with E-state index in [1.807, 2.05) is 36.1 Å². The largest absolute Gasteiger partial charge is 0.325 e. The Morgan fingerprint density at radius 3 is 2.61 bits per heavy atom. The van der Waals surface area contributed by atoms with Crippen LogP contribution < -0.4 is 10.2 Å². The molecule has 0 aromatic heterocycles. The number of amidine groups is 1. The van der Waals surface area contributed by atoms with Crippen LogP contribution in [0.15, 0.2) is 47.5 Å². The summed E-state index contributed by atoms with van der Waals surface area (Å²) in [6.07, 6.45) is 0.817. The standard InChI is InChI=1S/C21H21Cl2N3O3S2/c1-2-13-5-3-4-6-17(13)24-20(27)10-30-21-25-18-11-31(28,29)12-19(18)26(21)16-8-14(22)7-15(23)9-16/h3-9,18-19H,2,10-12H2,1H3,(H,24,27)/t18-,19-/m0/s1. The van der Waals surface area contributed by atoms with Gasteiger partial charge in [-0.1, -0.05) is 60.1 Å². The molecule has 0 aliphatic carbocycles. The lowest BCUT2D eigenvalue weighted by Crippen LogP contribution is -2.39. The van der Waals surface area contributed by atoms with E-state index in [1.54, 1.807) is 18.2 Å². The maximum absolute atomic E-state index is 12.6. The second kappa shape index (κ2) is 9.02. The van der Waals surface area contributed by atoms with Crippen LogP contribution in [0.5, 0.6) is 0 Å². The summed E-state index contributed by atoms with van der Waals surface area (Å²) in [5.41, 5.74) is 2.53. The van der Waals surface area contributed by atoms with Crippen molar-refractivity contribution in [3.05, 3.63) is 58.1 Å². The number of sulfone groups is 1. The number of amides is 1. The van der Waals surface area contributed by atoms with Crippen molar-refractivity contribution in [3.8, 4) is 0 Å². The molecule has 1 fully saturated rings. The fourth-order valence-corrected chi connectivity index (χ4v) is 7.16. The first-order valence-corrected chi connectivity index (χ1v) is 13.4. The molecule has 1 amide bonds. The predicted octanol–water partition coefficient (Wildman–Crippen LogP) is 4.27. The highest BCUT2D eigenvalue weighted by atomic mass is 35.5. The highest BCUT2D eigenvalue weighted by Gasteiger charge is 2.47. The molecule has 0 radical (unpaired) electrons. The Morgan fingerprint density at radius 1 is 1.19 bits per heavy atom. The number of nitrogens with one attached hydrogen (secondary N) is 1. The Hall–Kier alpha value is -1.74. The molecule has 0 saturated carbocycles. The quantitative estimate of drug-likeness (QED) is 0.666. The van der Waals surface area contributed by atoms with Crippen LogP contribution in [-0.4, -0.2) is 48.8 Å². The van der Waals surface area contributed by atoms with Crippen LogP contribution in [0.2, 0.25) is 10.0 Å². The molecule has 2 aliphatic heterocycles. The number of hydrogen-bond donors (Lipinski definition) is 1. The number of fused-ring (bicyclic) bond motifs is 1. The molecule has 2 aliphatic rings. The van der Waals surface area contributed by atoms with Gasteiger partial charge >= 0.3 is 0 Å². The smallest absolute Gasteiger partial charge is 0.234 e. The summed E-state index contributed by atoms with van der Waals surface area (Å²) in [6.45, 7) is 2.04. The van der Waals surface area contributed by atoms with Crippen molar-refractivity contribution >= 4 is 67.3 Å². The number of aryl methyl sites for hydroxylation is 1. The van der Waals surface area contributed by atoms with Gasteiger partial charge in [0.25, 0.3) is 0 Å². The lowest BCUT2D eigenvalue weighted by atomic mass is 10.1. The minimum atomic E-state index is -3.17. The average molecular weight is 498 g/mol. The minimum absolute atomic E-state index is 0.00258. The number of thioether (sulfide) groups is 1. The van der Waals surface area contributed by atoms with Crippen LogP contribution in [0.3, 0.4) is 0 Å². The Kier molecular flexibility index (Phi) is 6.53. The van der Waals surface area contributed by atoms with Crippen molar-refractivity contribution < 1.29 is 13.2 Å². The fraction of sp³-hybridized carbons (Fsp3) is 0.333. The van der Waals surface area contributed by atoms with Gasteiger partial charge in [0.1, 0.15) is 0 Å². The molecule has 164 valence electrons. The highest BCUT2D eigenvalue weighted by molar-refractivity contribution is 8.14. The molecule has 0 spiro atoms. The van der Waals surface area contributed by atoms with Crippen molar-refractivity contribution in [3.63, 3.8) is 0 Å². The Balaban J connectivity index is 1.53. The summed E-state index contributed by atoms with van der Waals surface area (Å²) in [7, 11) is -3.17. The monoisotopic (exact) mass is 497 g/mol. The first kappa shape index (κ1) is 22.5. The van der Waals surface area contributed by atoms with Crippen LogP contribution in [0, 0.1) is 0 Å². The first-order valence-electron chi connectivity index (χ1n) is 9.80. The Morgan fingerprint density at radius 2 is 1.90 bits per heavy atom. The van der Waals surface area contributed by atoms with Gasteiger partial charge in [-0.2, -0.15) is 0 Å². The normalized spacial score (nSPS) is 21.6. The number of carbonyl (C=O) groups excluding carboxylic acids is 1. The zero-order valence-corrected chi connectivity index (χ0v) is 19.9. The average Bonchev–Trinajstić information content (AvgIpc) is 3.17. The van der Waals surface area contributed by atoms with Crippen LogP contribution in [0.1, 0.15) is 12.5 Å². The Labute approximate surface area is 195 Å². The van der Waals surface area contributed by atoms with E-state index in [1.165, 1.54) is 11.8 Å². The molecule has 1 saturated heterocycles. The summed E-state index contributed by atoms with van der Waals surface area (Å²) < 4.78 is 24.3. The molecule has 10 heteroatoms. The van der Waals surface area contributed by atoms with Crippen LogP contribution in [0.25, 0.3) is 0 Å². The molecule has 2 atom stereocenters.